The molecule has 0 aliphatic heterocycles. The molecule has 0 amide bonds. The summed E-state index contributed by atoms with van der Waals surface area (Å²) in [4.78, 5) is 19.4. The van der Waals surface area contributed by atoms with Crippen molar-refractivity contribution in [2.24, 2.45) is 0 Å². The molecule has 0 saturated carbocycles. The molecule has 0 aliphatic rings. The van der Waals surface area contributed by atoms with Gasteiger partial charge in [-0.05, 0) is 5.92 Å². The SMILES string of the molecule is COC(=O)CCc1cnc(C(C)C)c(Cl)n1. The van der Waals surface area contributed by atoms with Crippen molar-refractivity contribution in [2.75, 3.05) is 7.11 Å². The highest BCUT2D eigenvalue weighted by Crippen LogP contribution is 2.19. The highest BCUT2D eigenvalue weighted by Gasteiger charge is 2.10. The van der Waals surface area contributed by atoms with Gasteiger partial charge in [-0.2, -0.15) is 0 Å². The van der Waals surface area contributed by atoms with Crippen molar-refractivity contribution in [2.45, 2.75) is 32.6 Å². The van der Waals surface area contributed by atoms with E-state index in [9.17, 15) is 4.79 Å². The molecule has 5 heteroatoms. The number of methoxy groups -OCH3 is 1. The first kappa shape index (κ1) is 12.9. The topological polar surface area (TPSA) is 52.1 Å². The summed E-state index contributed by atoms with van der Waals surface area (Å²) in [5.74, 6) is -0.0134. The number of aromatic nitrogens is 2. The number of nitrogens with zero attached hydrogens (tertiary/aromatic N) is 2. The molecule has 0 aliphatic carbocycles. The van der Waals surface area contributed by atoms with Crippen LogP contribution in [0, 0.1) is 0 Å². The average Bonchev–Trinajstić information content (AvgIpc) is 2.25. The Morgan fingerprint density at radius 2 is 2.25 bits per heavy atom. The van der Waals surface area contributed by atoms with Gasteiger partial charge in [0.1, 0.15) is 0 Å². The number of carbonyl (C=O) groups excluding carboxylic acids is 1. The van der Waals surface area contributed by atoms with Crippen LogP contribution < -0.4 is 0 Å². The number of ether oxygens (including phenoxy) is 1. The molecule has 88 valence electrons. The predicted octanol–water partition coefficient (Wildman–Crippen LogP) is 2.36. The van der Waals surface area contributed by atoms with Crippen LogP contribution in [0.4, 0.5) is 0 Å². The van der Waals surface area contributed by atoms with E-state index in [0.717, 1.165) is 5.69 Å². The summed E-state index contributed by atoms with van der Waals surface area (Å²) in [6.07, 6.45) is 2.45. The summed E-state index contributed by atoms with van der Waals surface area (Å²) in [7, 11) is 1.36. The van der Waals surface area contributed by atoms with Crippen LogP contribution in [0.5, 0.6) is 0 Å². The van der Waals surface area contributed by atoms with Gasteiger partial charge in [-0.3, -0.25) is 9.78 Å². The molecule has 0 radical (unpaired) electrons. The molecule has 0 unspecified atom stereocenters. The molecule has 1 rings (SSSR count). The fourth-order valence-electron chi connectivity index (χ4n) is 1.25. The Balaban J connectivity index is 2.70. The number of hydrogen-bond donors (Lipinski definition) is 0. The monoisotopic (exact) mass is 242 g/mol. The number of carbonyl (C=O) groups is 1. The maximum absolute atomic E-state index is 10.9. The van der Waals surface area contributed by atoms with Crippen LogP contribution in [0.2, 0.25) is 5.15 Å². The first-order chi connectivity index (χ1) is 7.54. The summed E-state index contributed by atoms with van der Waals surface area (Å²) >= 11 is 5.98. The first-order valence-electron chi connectivity index (χ1n) is 5.12. The number of hydrogen-bond acceptors (Lipinski definition) is 4. The third-order valence-corrected chi connectivity index (χ3v) is 2.44. The molecule has 1 aromatic rings. The van der Waals surface area contributed by atoms with E-state index in [0.29, 0.717) is 23.7 Å². The van der Waals surface area contributed by atoms with Crippen molar-refractivity contribution in [3.63, 3.8) is 0 Å². The van der Waals surface area contributed by atoms with Crippen LogP contribution in [0.25, 0.3) is 0 Å². The second-order valence-corrected chi connectivity index (χ2v) is 4.13. The largest absolute Gasteiger partial charge is 0.469 e. The maximum Gasteiger partial charge on any atom is 0.305 e. The molecule has 0 spiro atoms. The van der Waals surface area contributed by atoms with E-state index in [1.54, 1.807) is 6.20 Å². The zero-order valence-corrected chi connectivity index (χ0v) is 10.4. The van der Waals surface area contributed by atoms with Gasteiger partial charge in [-0.1, -0.05) is 25.4 Å². The summed E-state index contributed by atoms with van der Waals surface area (Å²) < 4.78 is 4.54. The summed E-state index contributed by atoms with van der Waals surface area (Å²) in [6.45, 7) is 4.01. The molecule has 16 heavy (non-hydrogen) atoms. The zero-order chi connectivity index (χ0) is 12.1. The Kier molecular flexibility index (Phi) is 4.68. The molecule has 0 bridgehead atoms. The Morgan fingerprint density at radius 3 is 2.75 bits per heavy atom. The van der Waals surface area contributed by atoms with Gasteiger partial charge in [0.05, 0.1) is 24.9 Å². The lowest BCUT2D eigenvalue weighted by Crippen LogP contribution is -2.05. The van der Waals surface area contributed by atoms with Crippen molar-refractivity contribution in [3.8, 4) is 0 Å². The van der Waals surface area contributed by atoms with Gasteiger partial charge < -0.3 is 4.74 Å². The lowest BCUT2D eigenvalue weighted by molar-refractivity contribution is -0.140. The van der Waals surface area contributed by atoms with Gasteiger partial charge in [-0.25, -0.2) is 4.98 Å². The van der Waals surface area contributed by atoms with Crippen LogP contribution in [-0.2, 0) is 16.0 Å². The molecule has 0 saturated heterocycles. The van der Waals surface area contributed by atoms with Crippen molar-refractivity contribution >= 4 is 17.6 Å². The van der Waals surface area contributed by atoms with Crippen molar-refractivity contribution in [1.82, 2.24) is 9.97 Å². The molecule has 0 atom stereocenters. The normalized spacial score (nSPS) is 10.6. The van der Waals surface area contributed by atoms with Crippen molar-refractivity contribution in [3.05, 3.63) is 22.7 Å². The molecular weight excluding hydrogens is 228 g/mol. The Bertz CT molecular complexity index is 380. The Morgan fingerprint density at radius 1 is 1.56 bits per heavy atom. The van der Waals surface area contributed by atoms with Crippen LogP contribution in [-0.4, -0.2) is 23.0 Å². The van der Waals surface area contributed by atoms with Crippen LogP contribution >= 0.6 is 11.6 Å². The number of aryl methyl sites for hydroxylation is 1. The lowest BCUT2D eigenvalue weighted by Gasteiger charge is -2.07. The second kappa shape index (κ2) is 5.80. The fourth-order valence-corrected chi connectivity index (χ4v) is 1.63. The van der Waals surface area contributed by atoms with E-state index in [4.69, 9.17) is 11.6 Å². The van der Waals surface area contributed by atoms with E-state index in [-0.39, 0.29) is 11.9 Å². The van der Waals surface area contributed by atoms with Gasteiger partial charge in [-0.15, -0.1) is 0 Å². The maximum atomic E-state index is 10.9. The van der Waals surface area contributed by atoms with Gasteiger partial charge in [0.2, 0.25) is 0 Å². The van der Waals surface area contributed by atoms with E-state index in [2.05, 4.69) is 14.7 Å². The minimum Gasteiger partial charge on any atom is -0.469 e. The molecule has 1 heterocycles. The summed E-state index contributed by atoms with van der Waals surface area (Å²) in [5.41, 5.74) is 1.49. The minimum atomic E-state index is -0.258. The van der Waals surface area contributed by atoms with Gasteiger partial charge in [0.15, 0.2) is 5.15 Å². The Hall–Kier alpha value is -1.16. The molecule has 0 aromatic carbocycles. The third-order valence-electron chi connectivity index (χ3n) is 2.17. The number of rotatable bonds is 4. The quantitative estimate of drug-likeness (QED) is 0.761. The van der Waals surface area contributed by atoms with Crippen molar-refractivity contribution < 1.29 is 9.53 Å². The highest BCUT2D eigenvalue weighted by atomic mass is 35.5. The first-order valence-corrected chi connectivity index (χ1v) is 5.50. The van der Waals surface area contributed by atoms with Gasteiger partial charge in [0, 0.05) is 12.6 Å². The molecule has 1 aromatic heterocycles. The summed E-state index contributed by atoms with van der Waals surface area (Å²) in [5, 5.41) is 0.414. The van der Waals surface area contributed by atoms with Crippen LogP contribution in [0.15, 0.2) is 6.20 Å². The number of halogens is 1. The average molecular weight is 243 g/mol. The standard InChI is InChI=1S/C11H15ClN2O2/c1-7(2)10-11(12)14-8(6-13-10)4-5-9(15)16-3/h6-7H,4-5H2,1-3H3. The molecule has 0 N–H and O–H groups in total. The molecule has 0 fully saturated rings. The van der Waals surface area contributed by atoms with Crippen molar-refractivity contribution in [1.29, 1.82) is 0 Å². The van der Waals surface area contributed by atoms with Crippen LogP contribution in [0.3, 0.4) is 0 Å². The van der Waals surface area contributed by atoms with E-state index in [1.165, 1.54) is 7.11 Å². The lowest BCUT2D eigenvalue weighted by atomic mass is 10.1. The Labute approximate surface area is 100 Å². The zero-order valence-electron chi connectivity index (χ0n) is 9.66. The minimum absolute atomic E-state index is 0.245. The van der Waals surface area contributed by atoms with E-state index < -0.39 is 0 Å². The fraction of sp³-hybridized carbons (Fsp3) is 0.545. The molecule has 4 nitrogen and oxygen atoms in total. The highest BCUT2D eigenvalue weighted by molar-refractivity contribution is 6.30. The summed E-state index contributed by atoms with van der Waals surface area (Å²) in [6, 6.07) is 0. The van der Waals surface area contributed by atoms with Gasteiger partial charge in [0.25, 0.3) is 0 Å². The molecular formula is C11H15ClN2O2. The van der Waals surface area contributed by atoms with E-state index >= 15 is 0 Å². The predicted molar refractivity (Wildman–Crippen MR) is 61.5 cm³/mol. The number of esters is 1. The third kappa shape index (κ3) is 3.45. The van der Waals surface area contributed by atoms with E-state index in [1.807, 2.05) is 13.8 Å². The second-order valence-electron chi connectivity index (χ2n) is 3.77. The van der Waals surface area contributed by atoms with Crippen LogP contribution in [0.1, 0.15) is 37.6 Å². The van der Waals surface area contributed by atoms with Gasteiger partial charge >= 0.3 is 5.97 Å². The smallest absolute Gasteiger partial charge is 0.305 e.